The fourth-order valence-corrected chi connectivity index (χ4v) is 4.08. The quantitative estimate of drug-likeness (QED) is 0.774. The first kappa shape index (κ1) is 22.3. The largest absolute Gasteiger partial charge is 0.440 e. The highest BCUT2D eigenvalue weighted by atomic mass is 35.5. The lowest BCUT2D eigenvalue weighted by Gasteiger charge is -2.31. The third-order valence-electron chi connectivity index (χ3n) is 5.49. The third kappa shape index (κ3) is 5.29. The van der Waals surface area contributed by atoms with Crippen LogP contribution in [-0.4, -0.2) is 42.0 Å². The number of hydrogen-bond donors (Lipinski definition) is 1. The van der Waals surface area contributed by atoms with Gasteiger partial charge in [-0.2, -0.15) is 0 Å². The van der Waals surface area contributed by atoms with Crippen LogP contribution < -0.4 is 5.32 Å². The summed E-state index contributed by atoms with van der Waals surface area (Å²) >= 11 is 6.01. The number of carbonyl (C=O) groups is 1. The van der Waals surface area contributed by atoms with Crippen molar-refractivity contribution >= 4 is 53.4 Å². The van der Waals surface area contributed by atoms with Gasteiger partial charge in [0.15, 0.2) is 11.5 Å². The summed E-state index contributed by atoms with van der Waals surface area (Å²) in [4.78, 5) is 19.0. The highest BCUT2D eigenvalue weighted by Crippen LogP contribution is 2.31. The predicted octanol–water partition coefficient (Wildman–Crippen LogP) is 4.42. The van der Waals surface area contributed by atoms with E-state index in [2.05, 4.69) is 10.3 Å². The number of halogens is 3. The molecule has 5 nitrogen and oxygen atoms in total. The van der Waals surface area contributed by atoms with Crippen LogP contribution in [0.5, 0.6) is 0 Å². The number of nitrogens with one attached hydrogen (secondary N) is 1. The zero-order chi connectivity index (χ0) is 17.2. The molecule has 0 bridgehead atoms. The Morgan fingerprint density at radius 3 is 2.74 bits per heavy atom. The van der Waals surface area contributed by atoms with Gasteiger partial charge in [-0.15, -0.1) is 24.8 Å². The van der Waals surface area contributed by atoms with Crippen molar-refractivity contribution in [3.63, 3.8) is 0 Å². The zero-order valence-electron chi connectivity index (χ0n) is 15.2. The molecule has 0 radical (unpaired) electrons. The van der Waals surface area contributed by atoms with Gasteiger partial charge in [-0.05, 0) is 62.9 Å². The number of rotatable bonds is 4. The van der Waals surface area contributed by atoms with Crippen molar-refractivity contribution in [3.05, 3.63) is 29.1 Å². The van der Waals surface area contributed by atoms with Gasteiger partial charge in [0.05, 0.1) is 0 Å². The van der Waals surface area contributed by atoms with Crippen LogP contribution in [0.3, 0.4) is 0 Å². The Labute approximate surface area is 177 Å². The van der Waals surface area contributed by atoms with Crippen LogP contribution in [0.4, 0.5) is 0 Å². The molecule has 3 heterocycles. The van der Waals surface area contributed by atoms with Gasteiger partial charge in [-0.25, -0.2) is 4.98 Å². The second-order valence-corrected chi connectivity index (χ2v) is 7.65. The molecule has 27 heavy (non-hydrogen) atoms. The lowest BCUT2D eigenvalue weighted by atomic mass is 9.96. The number of likely N-dealkylation sites (tertiary alicyclic amines) is 1. The number of piperidine rings is 1. The first-order chi connectivity index (χ1) is 12.2. The third-order valence-corrected chi connectivity index (χ3v) is 5.73. The number of amides is 1. The van der Waals surface area contributed by atoms with E-state index >= 15 is 0 Å². The van der Waals surface area contributed by atoms with Gasteiger partial charge in [0.2, 0.25) is 5.91 Å². The van der Waals surface area contributed by atoms with Crippen molar-refractivity contribution in [2.75, 3.05) is 26.2 Å². The van der Waals surface area contributed by atoms with Crippen molar-refractivity contribution < 1.29 is 9.21 Å². The molecule has 0 saturated carbocycles. The Morgan fingerprint density at radius 1 is 1.26 bits per heavy atom. The summed E-state index contributed by atoms with van der Waals surface area (Å²) < 4.78 is 5.89. The van der Waals surface area contributed by atoms with Crippen LogP contribution in [0.1, 0.15) is 43.9 Å². The van der Waals surface area contributed by atoms with Crippen molar-refractivity contribution in [1.29, 1.82) is 0 Å². The van der Waals surface area contributed by atoms with E-state index in [9.17, 15) is 4.79 Å². The van der Waals surface area contributed by atoms with Gasteiger partial charge in [-0.3, -0.25) is 4.79 Å². The number of aromatic nitrogens is 1. The van der Waals surface area contributed by atoms with E-state index in [1.165, 1.54) is 6.42 Å². The Morgan fingerprint density at radius 2 is 2.04 bits per heavy atom. The maximum absolute atomic E-state index is 12.4. The fourth-order valence-electron chi connectivity index (χ4n) is 3.92. The monoisotopic (exact) mass is 433 g/mol. The molecule has 4 rings (SSSR count). The standard InChI is InChI=1S/C19H24ClN3O2.2ClH/c20-15-2-3-17-16(11-15)22-19(25-17)14-6-9-23(10-7-14)18(24)4-1-13-5-8-21-12-13;;/h2-3,11,13-14,21H,1,4-10,12H2;2*1H. The molecular formula is C19H26Cl3N3O2. The van der Waals surface area contributed by atoms with Gasteiger partial charge in [0, 0.05) is 30.5 Å². The van der Waals surface area contributed by atoms with Crippen molar-refractivity contribution in [1.82, 2.24) is 15.2 Å². The van der Waals surface area contributed by atoms with E-state index in [0.29, 0.717) is 23.3 Å². The minimum Gasteiger partial charge on any atom is -0.440 e. The molecule has 1 N–H and O–H groups in total. The molecule has 150 valence electrons. The first-order valence-electron chi connectivity index (χ1n) is 9.23. The molecule has 0 aliphatic carbocycles. The van der Waals surface area contributed by atoms with Gasteiger partial charge in [0.1, 0.15) is 5.52 Å². The maximum Gasteiger partial charge on any atom is 0.222 e. The van der Waals surface area contributed by atoms with Gasteiger partial charge < -0.3 is 14.6 Å². The summed E-state index contributed by atoms with van der Waals surface area (Å²) in [7, 11) is 0. The van der Waals surface area contributed by atoms with Gasteiger partial charge in [0.25, 0.3) is 0 Å². The van der Waals surface area contributed by atoms with E-state index in [4.69, 9.17) is 16.0 Å². The van der Waals surface area contributed by atoms with E-state index in [0.717, 1.165) is 62.4 Å². The molecule has 2 fully saturated rings. The van der Waals surface area contributed by atoms with Crippen molar-refractivity contribution in [2.45, 2.75) is 38.0 Å². The molecule has 2 saturated heterocycles. The zero-order valence-corrected chi connectivity index (χ0v) is 17.5. The minimum absolute atomic E-state index is 0. The molecule has 1 atom stereocenters. The molecule has 2 aliphatic heterocycles. The number of carbonyl (C=O) groups excluding carboxylic acids is 1. The predicted molar refractivity (Wildman–Crippen MR) is 112 cm³/mol. The summed E-state index contributed by atoms with van der Waals surface area (Å²) in [5, 5.41) is 4.03. The molecule has 2 aliphatic rings. The highest BCUT2D eigenvalue weighted by Gasteiger charge is 2.27. The molecular weight excluding hydrogens is 409 g/mol. The molecule has 0 spiro atoms. The SMILES string of the molecule is Cl.Cl.O=C(CCC1CCNC1)N1CCC(c2nc3cc(Cl)ccc3o2)CC1. The Bertz CT molecular complexity index is 754. The molecule has 2 aromatic rings. The summed E-state index contributed by atoms with van der Waals surface area (Å²) in [5.41, 5.74) is 1.59. The van der Waals surface area contributed by atoms with Crippen molar-refractivity contribution in [3.8, 4) is 0 Å². The molecule has 1 aromatic carbocycles. The maximum atomic E-state index is 12.4. The van der Waals surface area contributed by atoms with Crippen LogP contribution in [-0.2, 0) is 4.79 Å². The summed E-state index contributed by atoms with van der Waals surface area (Å²) in [5.74, 6) is 2.04. The number of nitrogens with zero attached hydrogens (tertiary/aromatic N) is 2. The summed E-state index contributed by atoms with van der Waals surface area (Å²) in [6, 6.07) is 5.52. The van der Waals surface area contributed by atoms with E-state index in [-0.39, 0.29) is 30.7 Å². The van der Waals surface area contributed by atoms with E-state index < -0.39 is 0 Å². The molecule has 1 amide bonds. The second-order valence-electron chi connectivity index (χ2n) is 7.22. The fraction of sp³-hybridized carbons (Fsp3) is 0.579. The van der Waals surface area contributed by atoms with E-state index in [1.807, 2.05) is 23.1 Å². The lowest BCUT2D eigenvalue weighted by molar-refractivity contribution is -0.132. The normalized spacial score (nSPS) is 20.3. The van der Waals surface area contributed by atoms with Gasteiger partial charge >= 0.3 is 0 Å². The number of fused-ring (bicyclic) bond motifs is 1. The van der Waals surface area contributed by atoms with Crippen molar-refractivity contribution in [2.24, 2.45) is 5.92 Å². The van der Waals surface area contributed by atoms with E-state index in [1.54, 1.807) is 0 Å². The minimum atomic E-state index is 0. The Balaban J connectivity index is 0.00000131. The van der Waals surface area contributed by atoms with Crippen LogP contribution in [0, 0.1) is 5.92 Å². The summed E-state index contributed by atoms with van der Waals surface area (Å²) in [6.07, 6.45) is 4.72. The Kier molecular flexibility index (Phi) is 8.22. The number of oxazole rings is 1. The molecule has 8 heteroatoms. The Hall–Kier alpha value is -1.01. The number of hydrogen-bond acceptors (Lipinski definition) is 4. The average Bonchev–Trinajstić information content (AvgIpc) is 3.29. The van der Waals surface area contributed by atoms with Crippen LogP contribution in [0.15, 0.2) is 22.6 Å². The van der Waals surface area contributed by atoms with Crippen LogP contribution in [0.25, 0.3) is 11.1 Å². The first-order valence-corrected chi connectivity index (χ1v) is 9.61. The lowest BCUT2D eigenvalue weighted by Crippen LogP contribution is -2.38. The highest BCUT2D eigenvalue weighted by molar-refractivity contribution is 6.31. The summed E-state index contributed by atoms with van der Waals surface area (Å²) in [6.45, 7) is 3.76. The smallest absolute Gasteiger partial charge is 0.222 e. The topological polar surface area (TPSA) is 58.4 Å². The molecule has 1 unspecified atom stereocenters. The second kappa shape index (κ2) is 9.97. The van der Waals surface area contributed by atoms with Gasteiger partial charge in [-0.1, -0.05) is 11.6 Å². The number of benzene rings is 1. The average molecular weight is 435 g/mol. The van der Waals surface area contributed by atoms with Crippen LogP contribution in [0.2, 0.25) is 5.02 Å². The molecule has 1 aromatic heterocycles. The van der Waals surface area contributed by atoms with Crippen LogP contribution >= 0.6 is 36.4 Å².